The van der Waals surface area contributed by atoms with Gasteiger partial charge in [0.1, 0.15) is 0 Å². The summed E-state index contributed by atoms with van der Waals surface area (Å²) in [6.45, 7) is 0. The average molecular weight is 303 g/mol. The number of carbonyl (C=O) groups excluding carboxylic acids is 2. The van der Waals surface area contributed by atoms with Crippen LogP contribution in [0.15, 0.2) is 47.5 Å². The van der Waals surface area contributed by atoms with E-state index in [9.17, 15) is 9.59 Å². The van der Waals surface area contributed by atoms with E-state index in [1.54, 1.807) is 12.3 Å². The van der Waals surface area contributed by atoms with E-state index in [1.807, 2.05) is 30.3 Å². The Labute approximate surface area is 127 Å². The van der Waals surface area contributed by atoms with Gasteiger partial charge in [0.25, 0.3) is 5.70 Å². The lowest BCUT2D eigenvalue weighted by molar-refractivity contribution is -0.549. The predicted molar refractivity (Wildman–Crippen MR) is 78.8 cm³/mol. The highest BCUT2D eigenvalue weighted by molar-refractivity contribution is 7.65. The molecule has 0 atom stereocenters. The summed E-state index contributed by atoms with van der Waals surface area (Å²) in [6.07, 6.45) is 1.64. The highest BCUT2D eigenvalue weighted by atomic mass is 32.1. The summed E-state index contributed by atoms with van der Waals surface area (Å²) in [5.74, 6) is -1.46. The van der Waals surface area contributed by atoms with Crippen molar-refractivity contribution in [2.75, 3.05) is 14.2 Å². The zero-order valence-electron chi connectivity index (χ0n) is 11.5. The molecular weight excluding hydrogens is 290 g/mol. The minimum atomic E-state index is -0.758. The van der Waals surface area contributed by atoms with Gasteiger partial charge in [-0.2, -0.15) is 4.57 Å². The first-order valence-corrected chi connectivity index (χ1v) is 6.48. The number of aromatic nitrogens is 1. The maximum atomic E-state index is 12.0. The van der Waals surface area contributed by atoms with Crippen molar-refractivity contribution >= 4 is 41.2 Å². The van der Waals surface area contributed by atoms with Crippen molar-refractivity contribution in [2.24, 2.45) is 0 Å². The summed E-state index contributed by atoms with van der Waals surface area (Å²) < 4.78 is 10.9. The Hall–Kier alpha value is -2.47. The van der Waals surface area contributed by atoms with Crippen LogP contribution in [-0.4, -0.2) is 26.2 Å². The van der Waals surface area contributed by atoms with Crippen LogP contribution in [0.4, 0.5) is 0 Å². The third kappa shape index (κ3) is 2.85. The van der Waals surface area contributed by atoms with Crippen LogP contribution >= 0.6 is 0 Å². The fourth-order valence-corrected chi connectivity index (χ4v) is 2.21. The first kappa shape index (κ1) is 14.9. The summed E-state index contributed by atoms with van der Waals surface area (Å²) in [6, 6.07) is 11.1. The molecule has 0 aliphatic rings. The Morgan fingerprint density at radius 2 is 1.62 bits per heavy atom. The van der Waals surface area contributed by atoms with Gasteiger partial charge in [-0.3, -0.25) is 0 Å². The molecule has 0 aliphatic carbocycles. The Balaban J connectivity index is 2.77. The number of rotatable bonds is 3. The smallest absolute Gasteiger partial charge is 0.402 e. The molecule has 1 heterocycles. The van der Waals surface area contributed by atoms with Crippen molar-refractivity contribution in [1.82, 2.24) is 0 Å². The molecule has 0 radical (unpaired) electrons. The summed E-state index contributed by atoms with van der Waals surface area (Å²) >= 11 is 5.05. The van der Waals surface area contributed by atoms with Gasteiger partial charge in [-0.15, -0.1) is 0 Å². The second kappa shape index (κ2) is 6.32. The van der Waals surface area contributed by atoms with Crippen molar-refractivity contribution in [3.63, 3.8) is 0 Å². The molecule has 0 spiro atoms. The van der Waals surface area contributed by atoms with E-state index >= 15 is 0 Å². The number of methoxy groups -OCH3 is 2. The van der Waals surface area contributed by atoms with E-state index in [2.05, 4.69) is 4.74 Å². The first-order chi connectivity index (χ1) is 10.1. The van der Waals surface area contributed by atoms with Crippen molar-refractivity contribution in [3.05, 3.63) is 47.5 Å². The predicted octanol–water partition coefficient (Wildman–Crippen LogP) is 1.19. The van der Waals surface area contributed by atoms with Gasteiger partial charge >= 0.3 is 11.9 Å². The van der Waals surface area contributed by atoms with Gasteiger partial charge in [0.05, 0.1) is 14.2 Å². The van der Waals surface area contributed by atoms with Crippen LogP contribution in [0.2, 0.25) is 0 Å². The Morgan fingerprint density at radius 3 is 2.29 bits per heavy atom. The van der Waals surface area contributed by atoms with Crippen molar-refractivity contribution < 1.29 is 23.6 Å². The number of para-hydroxylation sites is 1. The number of fused-ring (bicyclic) bond motifs is 1. The standard InChI is InChI=1S/C15H13NO4S/c1-19-14(17)12(13(21)15(18)20-2)16-9-5-7-10-6-3-4-8-11(10)16/h3-9H,1-2H3. The molecule has 0 aliphatic heterocycles. The minimum Gasteiger partial charge on any atom is -0.766 e. The molecular formula is C15H13NO4S. The summed E-state index contributed by atoms with van der Waals surface area (Å²) in [7, 11) is 2.44. The molecule has 1 aromatic heterocycles. The first-order valence-electron chi connectivity index (χ1n) is 6.08. The summed E-state index contributed by atoms with van der Waals surface area (Å²) in [5.41, 5.74) is 0.683. The number of nitrogens with zero attached hydrogens (tertiary/aromatic N) is 1. The number of carbonyl (C=O) groups is 2. The normalized spacial score (nSPS) is 11.7. The number of hydrogen-bond acceptors (Lipinski definition) is 5. The molecule has 0 unspecified atom stereocenters. The minimum absolute atomic E-state index is 0.0452. The number of ether oxygens (including phenoxy) is 2. The van der Waals surface area contributed by atoms with Crippen LogP contribution in [0.25, 0.3) is 16.6 Å². The van der Waals surface area contributed by atoms with Crippen molar-refractivity contribution in [3.8, 4) is 0 Å². The van der Waals surface area contributed by atoms with E-state index in [-0.39, 0.29) is 10.6 Å². The SMILES string of the molecule is COC(=O)C([S-])=C(C(=O)OC)[n+]1cccc2ccccc21. The summed E-state index contributed by atoms with van der Waals surface area (Å²) in [4.78, 5) is 23.5. The number of pyridine rings is 1. The van der Waals surface area contributed by atoms with E-state index in [0.29, 0.717) is 0 Å². The van der Waals surface area contributed by atoms with Gasteiger partial charge in [0.15, 0.2) is 6.20 Å². The third-order valence-corrected chi connectivity index (χ3v) is 3.27. The van der Waals surface area contributed by atoms with Gasteiger partial charge in [-0.1, -0.05) is 12.1 Å². The molecule has 0 bridgehead atoms. The molecule has 0 saturated heterocycles. The monoisotopic (exact) mass is 303 g/mol. The second-order valence-corrected chi connectivity index (χ2v) is 4.51. The zero-order chi connectivity index (χ0) is 15.4. The maximum Gasteiger partial charge on any atom is 0.402 e. The lowest BCUT2D eigenvalue weighted by atomic mass is 10.2. The average Bonchev–Trinajstić information content (AvgIpc) is 2.54. The van der Waals surface area contributed by atoms with Crippen LogP contribution in [-0.2, 0) is 31.7 Å². The molecule has 0 N–H and O–H groups in total. The lowest BCUT2D eigenvalue weighted by Crippen LogP contribution is -2.39. The fourth-order valence-electron chi connectivity index (χ4n) is 1.94. The number of esters is 2. The Morgan fingerprint density at radius 1 is 1.00 bits per heavy atom. The molecule has 0 fully saturated rings. The Kier molecular flexibility index (Phi) is 4.49. The molecule has 2 aromatic rings. The largest absolute Gasteiger partial charge is 0.766 e. The van der Waals surface area contributed by atoms with E-state index in [4.69, 9.17) is 17.4 Å². The van der Waals surface area contributed by atoms with Crippen molar-refractivity contribution in [1.29, 1.82) is 0 Å². The topological polar surface area (TPSA) is 56.5 Å². The van der Waals surface area contributed by atoms with Gasteiger partial charge in [-0.25, -0.2) is 9.59 Å². The van der Waals surface area contributed by atoms with Gasteiger partial charge in [0.2, 0.25) is 5.52 Å². The zero-order valence-corrected chi connectivity index (χ0v) is 12.3. The van der Waals surface area contributed by atoms with Crippen LogP contribution in [0, 0.1) is 0 Å². The van der Waals surface area contributed by atoms with Crippen LogP contribution < -0.4 is 4.57 Å². The van der Waals surface area contributed by atoms with Gasteiger partial charge in [0, 0.05) is 17.5 Å². The van der Waals surface area contributed by atoms with Crippen LogP contribution in [0.1, 0.15) is 0 Å². The lowest BCUT2D eigenvalue weighted by Gasteiger charge is -2.12. The highest BCUT2D eigenvalue weighted by Crippen LogP contribution is 2.14. The highest BCUT2D eigenvalue weighted by Gasteiger charge is 2.26. The third-order valence-electron chi connectivity index (χ3n) is 2.91. The molecule has 6 heteroatoms. The molecule has 0 amide bonds. The second-order valence-electron chi connectivity index (χ2n) is 4.10. The van der Waals surface area contributed by atoms with E-state index in [0.717, 1.165) is 10.9 Å². The van der Waals surface area contributed by atoms with Gasteiger partial charge < -0.3 is 22.1 Å². The Bertz CT molecular complexity index is 734. The molecule has 108 valence electrons. The quantitative estimate of drug-likeness (QED) is 0.369. The number of benzene rings is 1. The van der Waals surface area contributed by atoms with E-state index in [1.165, 1.54) is 18.8 Å². The molecule has 1 aromatic carbocycles. The molecule has 21 heavy (non-hydrogen) atoms. The molecule has 5 nitrogen and oxygen atoms in total. The van der Waals surface area contributed by atoms with Crippen LogP contribution in [0.3, 0.4) is 0 Å². The van der Waals surface area contributed by atoms with Gasteiger partial charge in [-0.05, 0) is 17.0 Å². The van der Waals surface area contributed by atoms with Crippen molar-refractivity contribution in [2.45, 2.75) is 0 Å². The molecule has 0 saturated carbocycles. The van der Waals surface area contributed by atoms with Crippen LogP contribution in [0.5, 0.6) is 0 Å². The number of hydrogen-bond donors (Lipinski definition) is 0. The van der Waals surface area contributed by atoms with E-state index < -0.39 is 11.9 Å². The summed E-state index contributed by atoms with van der Waals surface area (Å²) in [5, 5.41) is 0.897. The fraction of sp³-hybridized carbons (Fsp3) is 0.133. The maximum absolute atomic E-state index is 12.0. The molecule has 2 rings (SSSR count).